The SMILES string of the molecule is CCOC(=O)NC(=S)Nc1ccc(N2CCC(NC(=O)OC(C)(C)C)CC2)cn1. The summed E-state index contributed by atoms with van der Waals surface area (Å²) in [6.07, 6.45) is 2.42. The Morgan fingerprint density at radius 2 is 1.93 bits per heavy atom. The van der Waals surface area contributed by atoms with Crippen LogP contribution in [0.3, 0.4) is 0 Å². The van der Waals surface area contributed by atoms with Gasteiger partial charge in [0.15, 0.2) is 5.11 Å². The number of nitrogens with one attached hydrogen (secondary N) is 3. The fourth-order valence-corrected chi connectivity index (χ4v) is 3.00. The normalized spacial score (nSPS) is 14.7. The van der Waals surface area contributed by atoms with Crippen molar-refractivity contribution in [2.24, 2.45) is 0 Å². The molecular formula is C19H29N5O4S. The van der Waals surface area contributed by atoms with Crippen molar-refractivity contribution in [3.63, 3.8) is 0 Å². The van der Waals surface area contributed by atoms with Crippen molar-refractivity contribution in [1.29, 1.82) is 0 Å². The second kappa shape index (κ2) is 10.2. The Balaban J connectivity index is 1.79. The minimum absolute atomic E-state index is 0.0984. The highest BCUT2D eigenvalue weighted by molar-refractivity contribution is 7.80. The molecule has 0 bridgehead atoms. The van der Waals surface area contributed by atoms with Gasteiger partial charge in [0.05, 0.1) is 18.5 Å². The molecule has 9 nitrogen and oxygen atoms in total. The zero-order chi connectivity index (χ0) is 21.4. The van der Waals surface area contributed by atoms with E-state index in [1.165, 1.54) is 0 Å². The first-order chi connectivity index (χ1) is 13.7. The molecule has 0 aliphatic carbocycles. The number of carbonyl (C=O) groups is 2. The highest BCUT2D eigenvalue weighted by Crippen LogP contribution is 2.21. The number of thiocarbonyl (C=S) groups is 1. The number of hydrogen-bond donors (Lipinski definition) is 3. The van der Waals surface area contributed by atoms with Crippen molar-refractivity contribution in [3.8, 4) is 0 Å². The van der Waals surface area contributed by atoms with Gasteiger partial charge in [0.2, 0.25) is 0 Å². The zero-order valence-electron chi connectivity index (χ0n) is 17.3. The van der Waals surface area contributed by atoms with E-state index in [0.717, 1.165) is 31.6 Å². The van der Waals surface area contributed by atoms with Crippen molar-refractivity contribution in [2.45, 2.75) is 52.2 Å². The van der Waals surface area contributed by atoms with Crippen LogP contribution in [0.2, 0.25) is 0 Å². The zero-order valence-corrected chi connectivity index (χ0v) is 18.1. The van der Waals surface area contributed by atoms with Gasteiger partial charge in [0.25, 0.3) is 0 Å². The minimum Gasteiger partial charge on any atom is -0.450 e. The van der Waals surface area contributed by atoms with Gasteiger partial charge < -0.3 is 25.0 Å². The van der Waals surface area contributed by atoms with Gasteiger partial charge in [0, 0.05) is 19.1 Å². The van der Waals surface area contributed by atoms with E-state index >= 15 is 0 Å². The van der Waals surface area contributed by atoms with E-state index in [9.17, 15) is 9.59 Å². The van der Waals surface area contributed by atoms with Crippen molar-refractivity contribution in [3.05, 3.63) is 18.3 Å². The summed E-state index contributed by atoms with van der Waals surface area (Å²) in [5.41, 5.74) is 0.482. The molecule has 1 aromatic heterocycles. The molecule has 1 fully saturated rings. The monoisotopic (exact) mass is 423 g/mol. The van der Waals surface area contributed by atoms with Gasteiger partial charge in [-0.2, -0.15) is 0 Å². The average molecular weight is 424 g/mol. The van der Waals surface area contributed by atoms with E-state index in [0.29, 0.717) is 5.82 Å². The third-order valence-electron chi connectivity index (χ3n) is 4.06. The van der Waals surface area contributed by atoms with Crippen molar-refractivity contribution >= 4 is 41.0 Å². The summed E-state index contributed by atoms with van der Waals surface area (Å²) < 4.78 is 10.1. The molecule has 0 spiro atoms. The van der Waals surface area contributed by atoms with E-state index in [4.69, 9.17) is 21.7 Å². The van der Waals surface area contributed by atoms with Crippen LogP contribution in [-0.2, 0) is 9.47 Å². The van der Waals surface area contributed by atoms with Gasteiger partial charge in [-0.25, -0.2) is 14.6 Å². The lowest BCUT2D eigenvalue weighted by atomic mass is 10.0. The van der Waals surface area contributed by atoms with E-state index < -0.39 is 11.7 Å². The van der Waals surface area contributed by atoms with Crippen molar-refractivity contribution in [1.82, 2.24) is 15.6 Å². The lowest BCUT2D eigenvalue weighted by Gasteiger charge is -2.34. The molecule has 1 aliphatic rings. The van der Waals surface area contributed by atoms with Crippen LogP contribution in [0.1, 0.15) is 40.5 Å². The number of rotatable bonds is 4. The predicted molar refractivity (Wildman–Crippen MR) is 115 cm³/mol. The molecule has 10 heteroatoms. The van der Waals surface area contributed by atoms with Gasteiger partial charge in [0.1, 0.15) is 11.4 Å². The molecule has 2 heterocycles. The Hall–Kier alpha value is -2.62. The topological polar surface area (TPSA) is 105 Å². The van der Waals surface area contributed by atoms with Gasteiger partial charge >= 0.3 is 12.2 Å². The molecular weight excluding hydrogens is 394 g/mol. The van der Waals surface area contributed by atoms with E-state index in [-0.39, 0.29) is 23.9 Å². The number of nitrogens with zero attached hydrogens (tertiary/aromatic N) is 2. The molecule has 1 saturated heterocycles. The summed E-state index contributed by atoms with van der Waals surface area (Å²) in [5, 5.41) is 8.30. The van der Waals surface area contributed by atoms with Crippen LogP contribution in [-0.4, -0.2) is 53.6 Å². The molecule has 0 radical (unpaired) electrons. The average Bonchev–Trinajstić information content (AvgIpc) is 2.61. The van der Waals surface area contributed by atoms with E-state index in [2.05, 4.69) is 25.8 Å². The number of ether oxygens (including phenoxy) is 2. The van der Waals surface area contributed by atoms with Crippen molar-refractivity contribution < 1.29 is 19.1 Å². The maximum absolute atomic E-state index is 11.9. The minimum atomic E-state index is -0.607. The lowest BCUT2D eigenvalue weighted by molar-refractivity contribution is 0.0497. The molecule has 0 saturated carbocycles. The van der Waals surface area contributed by atoms with Crippen LogP contribution in [0.4, 0.5) is 21.1 Å². The second-order valence-corrected chi connectivity index (χ2v) is 8.02. The molecule has 0 aromatic carbocycles. The first kappa shape index (κ1) is 22.7. The number of anilines is 2. The molecule has 2 amide bonds. The molecule has 0 atom stereocenters. The fraction of sp³-hybridized carbons (Fsp3) is 0.579. The van der Waals surface area contributed by atoms with Gasteiger partial charge in [-0.3, -0.25) is 5.32 Å². The molecule has 3 N–H and O–H groups in total. The quantitative estimate of drug-likeness (QED) is 0.635. The molecule has 2 rings (SSSR count). The van der Waals surface area contributed by atoms with Crippen LogP contribution >= 0.6 is 12.2 Å². The Labute approximate surface area is 176 Å². The number of piperidine rings is 1. The Morgan fingerprint density at radius 3 is 2.48 bits per heavy atom. The number of alkyl carbamates (subject to hydrolysis) is 2. The van der Waals surface area contributed by atoms with E-state index in [1.54, 1.807) is 19.2 Å². The fourth-order valence-electron chi connectivity index (χ4n) is 2.81. The van der Waals surface area contributed by atoms with Gasteiger partial charge in [-0.15, -0.1) is 0 Å². The predicted octanol–water partition coefficient (Wildman–Crippen LogP) is 3.02. The highest BCUT2D eigenvalue weighted by atomic mass is 32.1. The summed E-state index contributed by atoms with van der Waals surface area (Å²) in [5.74, 6) is 0.525. The summed E-state index contributed by atoms with van der Waals surface area (Å²) in [4.78, 5) is 29.8. The third kappa shape index (κ3) is 8.10. The lowest BCUT2D eigenvalue weighted by Crippen LogP contribution is -2.46. The largest absolute Gasteiger partial charge is 0.450 e. The molecule has 29 heavy (non-hydrogen) atoms. The standard InChI is InChI=1S/C19H29N5O4S/c1-5-27-17(25)23-16(29)22-15-7-6-14(12-20-15)24-10-8-13(9-11-24)21-18(26)28-19(2,3)4/h6-7,12-13H,5,8-11H2,1-4H3,(H,21,26)(H2,20,22,23,25,29). The summed E-state index contributed by atoms with van der Waals surface area (Å²) in [6.45, 7) is 9.13. The van der Waals surface area contributed by atoms with Crippen LogP contribution < -0.4 is 20.9 Å². The van der Waals surface area contributed by atoms with E-state index in [1.807, 2.05) is 26.8 Å². The first-order valence-electron chi connectivity index (χ1n) is 9.61. The Bertz CT molecular complexity index is 712. The molecule has 1 aliphatic heterocycles. The van der Waals surface area contributed by atoms with Gasteiger partial charge in [-0.05, 0) is 64.9 Å². The number of aromatic nitrogens is 1. The molecule has 0 unspecified atom stereocenters. The first-order valence-corrected chi connectivity index (χ1v) is 10.0. The highest BCUT2D eigenvalue weighted by Gasteiger charge is 2.23. The molecule has 160 valence electrons. The number of hydrogen-bond acceptors (Lipinski definition) is 7. The van der Waals surface area contributed by atoms with Gasteiger partial charge in [-0.1, -0.05) is 0 Å². The van der Waals surface area contributed by atoms with Crippen LogP contribution in [0.15, 0.2) is 18.3 Å². The third-order valence-corrected chi connectivity index (χ3v) is 4.27. The van der Waals surface area contributed by atoms with Crippen LogP contribution in [0, 0.1) is 0 Å². The van der Waals surface area contributed by atoms with Crippen LogP contribution in [0.25, 0.3) is 0 Å². The summed E-state index contributed by atoms with van der Waals surface area (Å²) in [7, 11) is 0. The second-order valence-electron chi connectivity index (χ2n) is 7.61. The van der Waals surface area contributed by atoms with Crippen molar-refractivity contribution in [2.75, 3.05) is 29.9 Å². The maximum Gasteiger partial charge on any atom is 0.413 e. The molecule has 1 aromatic rings. The Morgan fingerprint density at radius 1 is 1.24 bits per heavy atom. The summed E-state index contributed by atoms with van der Waals surface area (Å²) in [6, 6.07) is 3.82. The number of carbonyl (C=O) groups excluding carboxylic acids is 2. The number of amides is 2. The summed E-state index contributed by atoms with van der Waals surface area (Å²) >= 11 is 5.05. The Kier molecular flexibility index (Phi) is 8.00. The maximum atomic E-state index is 11.9. The van der Waals surface area contributed by atoms with Crippen LogP contribution in [0.5, 0.6) is 0 Å². The number of pyridine rings is 1. The smallest absolute Gasteiger partial charge is 0.413 e.